The second-order valence-corrected chi connectivity index (χ2v) is 3.94. The summed E-state index contributed by atoms with van der Waals surface area (Å²) in [6, 6.07) is 8.57. The van der Waals surface area contributed by atoms with Gasteiger partial charge in [0.15, 0.2) is 0 Å². The van der Waals surface area contributed by atoms with Crippen LogP contribution in [0, 0.1) is 0 Å². The normalized spacial score (nSPS) is 22.7. The zero-order chi connectivity index (χ0) is 11.4. The summed E-state index contributed by atoms with van der Waals surface area (Å²) >= 11 is 0. The Balaban J connectivity index is 2.32. The summed E-state index contributed by atoms with van der Waals surface area (Å²) in [7, 11) is 0. The van der Waals surface area contributed by atoms with Gasteiger partial charge < -0.3 is 4.84 Å². The van der Waals surface area contributed by atoms with Crippen molar-refractivity contribution in [2.24, 2.45) is 0 Å². The lowest BCUT2D eigenvalue weighted by Crippen LogP contribution is -2.27. The number of nitrogens with one attached hydrogen (secondary N) is 1. The van der Waals surface area contributed by atoms with E-state index in [1.165, 1.54) is 10.4 Å². The van der Waals surface area contributed by atoms with Gasteiger partial charge in [0, 0.05) is 0 Å². The minimum atomic E-state index is 0.255. The summed E-state index contributed by atoms with van der Waals surface area (Å²) in [5, 5.41) is 2.45. The number of hydrogen-bond acceptors (Lipinski definition) is 2. The molecule has 2 rings (SSSR count). The van der Waals surface area contributed by atoms with Crippen molar-refractivity contribution in [2.75, 3.05) is 6.61 Å². The van der Waals surface area contributed by atoms with Crippen LogP contribution < -0.4 is 15.9 Å². The molecular weight excluding hydrogens is 198 g/mol. The van der Waals surface area contributed by atoms with Gasteiger partial charge >= 0.3 is 0 Å². The molecule has 2 heteroatoms. The lowest BCUT2D eigenvalue weighted by atomic mass is 10.1. The molecular formula is C14H17NO. The van der Waals surface area contributed by atoms with E-state index < -0.39 is 0 Å². The maximum Gasteiger partial charge on any atom is 0.0701 e. The van der Waals surface area contributed by atoms with Crippen molar-refractivity contribution in [1.82, 2.24) is 5.48 Å². The summed E-state index contributed by atoms with van der Waals surface area (Å²) < 4.78 is 0. The lowest BCUT2D eigenvalue weighted by Gasteiger charge is -2.07. The van der Waals surface area contributed by atoms with E-state index in [0.717, 1.165) is 18.6 Å². The van der Waals surface area contributed by atoms with Gasteiger partial charge in [0.25, 0.3) is 0 Å². The Morgan fingerprint density at radius 2 is 2.19 bits per heavy atom. The molecule has 1 aliphatic rings. The molecule has 1 fully saturated rings. The fourth-order valence-corrected chi connectivity index (χ4v) is 1.86. The van der Waals surface area contributed by atoms with Gasteiger partial charge in [-0.25, -0.2) is 0 Å². The van der Waals surface area contributed by atoms with Crippen LogP contribution in [0.1, 0.15) is 13.3 Å². The molecule has 1 saturated heterocycles. The van der Waals surface area contributed by atoms with E-state index in [0.29, 0.717) is 0 Å². The van der Waals surface area contributed by atoms with Crippen LogP contribution in [0.15, 0.2) is 36.4 Å². The first-order valence-electron chi connectivity index (χ1n) is 5.60. The largest absolute Gasteiger partial charge is 0.301 e. The summed E-state index contributed by atoms with van der Waals surface area (Å²) in [6.45, 7) is 6.91. The molecule has 0 unspecified atom stereocenters. The van der Waals surface area contributed by atoms with Crippen molar-refractivity contribution in [2.45, 2.75) is 19.4 Å². The van der Waals surface area contributed by atoms with Crippen molar-refractivity contribution in [3.63, 3.8) is 0 Å². The molecule has 1 aromatic rings. The second-order valence-electron chi connectivity index (χ2n) is 3.94. The Bertz CT molecular complexity index is 484. The Kier molecular flexibility index (Phi) is 3.54. The fraction of sp³-hybridized carbons (Fsp3) is 0.286. The summed E-state index contributed by atoms with van der Waals surface area (Å²) in [4.78, 5) is 5.13. The molecule has 1 atom stereocenters. The molecule has 0 saturated carbocycles. The Hall–Kier alpha value is -1.38. The maximum absolute atomic E-state index is 5.13. The highest BCUT2D eigenvalue weighted by Crippen LogP contribution is 2.10. The molecule has 0 amide bonds. The Labute approximate surface area is 95.9 Å². The van der Waals surface area contributed by atoms with Gasteiger partial charge in [-0.15, -0.1) is 0 Å². The van der Waals surface area contributed by atoms with Crippen molar-refractivity contribution in [3.8, 4) is 0 Å². The average Bonchev–Trinajstić information content (AvgIpc) is 2.83. The molecule has 1 aliphatic heterocycles. The third kappa shape index (κ3) is 2.40. The number of hydroxylamine groups is 1. The standard InChI is InChI=1S/C14H17NO/c1-3-12-6-4-5-7-13(12)10-11(2)14-8-9-16-15-14/h3-7,10,14-15H,2,8-9H2,1H3/b12-3-,13-10-/t14-/m1/s1. The quantitative estimate of drug-likeness (QED) is 0.798. The second kappa shape index (κ2) is 5.10. The number of benzene rings is 1. The van der Waals surface area contributed by atoms with E-state index in [2.05, 4.69) is 36.3 Å². The number of hydrogen-bond donors (Lipinski definition) is 1. The van der Waals surface area contributed by atoms with Crippen LogP contribution in [-0.2, 0) is 4.84 Å². The van der Waals surface area contributed by atoms with Gasteiger partial charge in [0.2, 0.25) is 0 Å². The van der Waals surface area contributed by atoms with E-state index in [1.807, 2.05) is 19.1 Å². The van der Waals surface area contributed by atoms with Crippen LogP contribution in [0.3, 0.4) is 0 Å². The van der Waals surface area contributed by atoms with E-state index in [-0.39, 0.29) is 6.04 Å². The van der Waals surface area contributed by atoms with Crippen molar-refractivity contribution >= 4 is 12.2 Å². The first-order valence-corrected chi connectivity index (χ1v) is 5.60. The summed E-state index contributed by atoms with van der Waals surface area (Å²) in [6.07, 6.45) is 5.23. The first-order chi connectivity index (χ1) is 7.81. The predicted octanol–water partition coefficient (Wildman–Crippen LogP) is 1.12. The van der Waals surface area contributed by atoms with Gasteiger partial charge in [-0.2, -0.15) is 5.48 Å². The molecule has 0 bridgehead atoms. The first kappa shape index (κ1) is 11.1. The molecule has 1 N–H and O–H groups in total. The minimum Gasteiger partial charge on any atom is -0.301 e. The molecule has 0 aliphatic carbocycles. The molecule has 0 spiro atoms. The van der Waals surface area contributed by atoms with Gasteiger partial charge in [0.1, 0.15) is 0 Å². The van der Waals surface area contributed by atoms with Crippen molar-refractivity contribution in [1.29, 1.82) is 0 Å². The molecule has 0 aromatic heterocycles. The molecule has 2 nitrogen and oxygen atoms in total. The van der Waals surface area contributed by atoms with E-state index in [9.17, 15) is 0 Å². The highest BCUT2D eigenvalue weighted by atomic mass is 16.7. The zero-order valence-corrected chi connectivity index (χ0v) is 9.57. The van der Waals surface area contributed by atoms with Crippen LogP contribution in [0.2, 0.25) is 0 Å². The van der Waals surface area contributed by atoms with Crippen LogP contribution in [0.25, 0.3) is 12.2 Å². The maximum atomic E-state index is 5.13. The SMILES string of the molecule is C=C(/C=c1/cccc/c1=C/C)[C@H]1CCON1. The van der Waals surface area contributed by atoms with Gasteiger partial charge in [-0.1, -0.05) is 43.0 Å². The van der Waals surface area contributed by atoms with Crippen molar-refractivity contribution in [3.05, 3.63) is 46.9 Å². The van der Waals surface area contributed by atoms with Gasteiger partial charge in [0.05, 0.1) is 12.6 Å². The molecule has 0 radical (unpaired) electrons. The molecule has 1 heterocycles. The van der Waals surface area contributed by atoms with Crippen LogP contribution in [0.5, 0.6) is 0 Å². The minimum absolute atomic E-state index is 0.255. The smallest absolute Gasteiger partial charge is 0.0701 e. The lowest BCUT2D eigenvalue weighted by molar-refractivity contribution is 0.0936. The van der Waals surface area contributed by atoms with Crippen molar-refractivity contribution < 1.29 is 4.84 Å². The average molecular weight is 215 g/mol. The van der Waals surface area contributed by atoms with Gasteiger partial charge in [-0.3, -0.25) is 0 Å². The topological polar surface area (TPSA) is 21.3 Å². The third-order valence-electron chi connectivity index (χ3n) is 2.83. The monoisotopic (exact) mass is 215 g/mol. The van der Waals surface area contributed by atoms with Crippen LogP contribution in [0.4, 0.5) is 0 Å². The molecule has 84 valence electrons. The Morgan fingerprint density at radius 3 is 2.81 bits per heavy atom. The van der Waals surface area contributed by atoms with E-state index in [4.69, 9.17) is 4.84 Å². The summed E-state index contributed by atoms with van der Waals surface area (Å²) in [5.41, 5.74) is 4.05. The predicted molar refractivity (Wildman–Crippen MR) is 66.9 cm³/mol. The highest BCUT2D eigenvalue weighted by molar-refractivity contribution is 5.48. The van der Waals surface area contributed by atoms with E-state index >= 15 is 0 Å². The molecule has 1 aromatic carbocycles. The number of rotatable bonds is 2. The van der Waals surface area contributed by atoms with Crippen LogP contribution >= 0.6 is 0 Å². The molecule has 16 heavy (non-hydrogen) atoms. The van der Waals surface area contributed by atoms with Crippen LogP contribution in [-0.4, -0.2) is 12.6 Å². The van der Waals surface area contributed by atoms with E-state index in [1.54, 1.807) is 0 Å². The highest BCUT2D eigenvalue weighted by Gasteiger charge is 2.16. The summed E-state index contributed by atoms with van der Waals surface area (Å²) in [5.74, 6) is 0. The zero-order valence-electron chi connectivity index (χ0n) is 9.57. The van der Waals surface area contributed by atoms with Gasteiger partial charge in [-0.05, 0) is 29.4 Å². The third-order valence-corrected chi connectivity index (χ3v) is 2.83. The fourth-order valence-electron chi connectivity index (χ4n) is 1.86. The Morgan fingerprint density at radius 1 is 1.44 bits per heavy atom.